The van der Waals surface area contributed by atoms with E-state index in [1.165, 1.54) is 0 Å². The van der Waals surface area contributed by atoms with Crippen molar-refractivity contribution in [3.05, 3.63) is 33.9 Å². The van der Waals surface area contributed by atoms with Crippen molar-refractivity contribution in [3.8, 4) is 0 Å². The molecule has 0 atom stereocenters. The smallest absolute Gasteiger partial charge is 0.181 e. The normalized spacial score (nSPS) is 10.4. The molecule has 1 aromatic rings. The molecule has 0 fully saturated rings. The average Bonchev–Trinajstić information content (AvgIpc) is 2.11. The number of hydrogen-bond acceptors (Lipinski definition) is 1. The highest BCUT2D eigenvalue weighted by atomic mass is 35.5. The molecule has 1 aromatic carbocycles. The number of rotatable bonds is 1. The first-order chi connectivity index (χ1) is 6.37. The zero-order valence-corrected chi connectivity index (χ0v) is 7.55. The lowest BCUT2D eigenvalue weighted by Crippen LogP contribution is -2.08. The minimum absolute atomic E-state index is 0.786. The van der Waals surface area contributed by atoms with Gasteiger partial charge in [-0.05, 0) is 6.92 Å². The predicted octanol–water partition coefficient (Wildman–Crippen LogP) is 3.10. The second-order valence-electron chi connectivity index (χ2n) is 2.50. The van der Waals surface area contributed by atoms with E-state index in [1.54, 1.807) is 0 Å². The molecule has 0 N–H and O–H groups in total. The molecule has 0 aromatic heterocycles. The Bertz CT molecular complexity index is 387. The topological polar surface area (TPSA) is 17.1 Å². The molecule has 1 nitrogen and oxygen atoms in total. The average molecular weight is 227 g/mol. The number of Topliss-reactive ketones (excluding diaryl/α,β-unsaturated/α-hetero) is 1. The van der Waals surface area contributed by atoms with Crippen molar-refractivity contribution in [1.29, 1.82) is 0 Å². The number of halogens is 5. The van der Waals surface area contributed by atoms with Crippen LogP contribution >= 0.6 is 11.6 Å². The Morgan fingerprint density at radius 2 is 1.36 bits per heavy atom. The highest BCUT2D eigenvalue weighted by molar-refractivity contribution is 6.31. The van der Waals surface area contributed by atoms with Gasteiger partial charge in [0.2, 0.25) is 0 Å². The molecule has 0 aliphatic rings. The van der Waals surface area contributed by atoms with Gasteiger partial charge in [0, 0.05) is 0 Å². The summed E-state index contributed by atoms with van der Waals surface area (Å²) in [6.45, 7) is 0.786. The van der Waals surface area contributed by atoms with E-state index in [-0.39, 0.29) is 0 Å². The fraction of sp³-hybridized carbons (Fsp3) is 0.125. The molecule has 0 spiro atoms. The van der Waals surface area contributed by atoms with E-state index in [2.05, 4.69) is 0 Å². The molecule has 0 aliphatic heterocycles. The molecule has 0 aliphatic carbocycles. The summed E-state index contributed by atoms with van der Waals surface area (Å²) in [7, 11) is 0. The molecule has 0 saturated heterocycles. The number of hydrogen-bond donors (Lipinski definition) is 0. The summed E-state index contributed by atoms with van der Waals surface area (Å²) in [5.41, 5.74) is -1.26. The third-order valence-corrected chi connectivity index (χ3v) is 1.89. The van der Waals surface area contributed by atoms with Crippen molar-refractivity contribution in [3.63, 3.8) is 0 Å². The quantitative estimate of drug-likeness (QED) is 0.311. The highest BCUT2D eigenvalue weighted by Gasteiger charge is 2.26. The van der Waals surface area contributed by atoms with Crippen molar-refractivity contribution in [2.24, 2.45) is 0 Å². The molecular weight excluding hydrogens is 224 g/mol. The Kier molecular flexibility index (Phi) is 2.80. The van der Waals surface area contributed by atoms with Gasteiger partial charge in [-0.15, -0.1) is 0 Å². The Morgan fingerprint density at radius 3 is 1.64 bits per heavy atom. The third kappa shape index (κ3) is 1.48. The lowest BCUT2D eigenvalue weighted by Gasteiger charge is -2.05. The van der Waals surface area contributed by atoms with Gasteiger partial charge in [-0.3, -0.25) is 4.79 Å². The maximum atomic E-state index is 12.9. The lowest BCUT2D eigenvalue weighted by atomic mass is 10.1. The number of ketones is 1. The Labute approximate surface area is 81.3 Å². The molecule has 0 radical (unpaired) electrons. The zero-order valence-electron chi connectivity index (χ0n) is 6.80. The van der Waals surface area contributed by atoms with Gasteiger partial charge < -0.3 is 0 Å². The van der Waals surface area contributed by atoms with Gasteiger partial charge in [-0.25, -0.2) is 17.6 Å². The summed E-state index contributed by atoms with van der Waals surface area (Å²) in [5, 5.41) is -1.30. The van der Waals surface area contributed by atoms with Gasteiger partial charge in [0.15, 0.2) is 29.1 Å². The molecule has 1 rings (SSSR count). The number of benzene rings is 1. The van der Waals surface area contributed by atoms with Gasteiger partial charge in [0.1, 0.15) is 5.02 Å². The first-order valence-corrected chi connectivity index (χ1v) is 3.78. The molecule has 0 heterocycles. The van der Waals surface area contributed by atoms with Crippen LogP contribution in [0.3, 0.4) is 0 Å². The van der Waals surface area contributed by atoms with E-state index in [0.717, 1.165) is 6.92 Å². The van der Waals surface area contributed by atoms with Crippen LogP contribution in [0.5, 0.6) is 0 Å². The zero-order chi connectivity index (χ0) is 11.0. The number of carbonyl (C=O) groups excluding carboxylic acids is 1. The van der Waals surface area contributed by atoms with Crippen molar-refractivity contribution in [2.75, 3.05) is 0 Å². The maximum Gasteiger partial charge on any atom is 0.181 e. The maximum absolute atomic E-state index is 12.9. The largest absolute Gasteiger partial charge is 0.294 e. The Morgan fingerprint density at radius 1 is 1.00 bits per heavy atom. The van der Waals surface area contributed by atoms with Crippen molar-refractivity contribution >= 4 is 17.4 Å². The first kappa shape index (κ1) is 11.0. The fourth-order valence-corrected chi connectivity index (χ4v) is 1.08. The second kappa shape index (κ2) is 3.57. The molecule has 6 heteroatoms. The molecular formula is C8H3ClF4O. The minimum Gasteiger partial charge on any atom is -0.294 e. The van der Waals surface area contributed by atoms with Crippen LogP contribution in [-0.4, -0.2) is 5.78 Å². The lowest BCUT2D eigenvalue weighted by molar-refractivity contribution is 0.100. The van der Waals surface area contributed by atoms with E-state index in [9.17, 15) is 22.4 Å². The minimum atomic E-state index is -1.78. The standard InChI is InChI=1S/C8H3ClF4O/c1-2(14)3-5(10)7(12)4(9)8(13)6(3)11/h1H3. The molecule has 0 unspecified atom stereocenters. The van der Waals surface area contributed by atoms with Crippen molar-refractivity contribution in [2.45, 2.75) is 6.92 Å². The molecule has 0 amide bonds. The molecule has 0 bridgehead atoms. The van der Waals surface area contributed by atoms with E-state index in [0.29, 0.717) is 0 Å². The summed E-state index contributed by atoms with van der Waals surface area (Å²) in [6.07, 6.45) is 0. The molecule has 76 valence electrons. The monoisotopic (exact) mass is 226 g/mol. The van der Waals surface area contributed by atoms with Crippen LogP contribution < -0.4 is 0 Å². The Balaban J connectivity index is 3.68. The summed E-state index contributed by atoms with van der Waals surface area (Å²) in [5.74, 6) is -8.20. The van der Waals surface area contributed by atoms with E-state index < -0.39 is 39.6 Å². The second-order valence-corrected chi connectivity index (χ2v) is 2.88. The molecule has 14 heavy (non-hydrogen) atoms. The van der Waals surface area contributed by atoms with Gasteiger partial charge in [-0.2, -0.15) is 0 Å². The SMILES string of the molecule is CC(=O)c1c(F)c(F)c(Cl)c(F)c1F. The van der Waals surface area contributed by atoms with Gasteiger partial charge >= 0.3 is 0 Å². The van der Waals surface area contributed by atoms with E-state index >= 15 is 0 Å². The van der Waals surface area contributed by atoms with Crippen LogP contribution in [0, 0.1) is 23.3 Å². The van der Waals surface area contributed by atoms with Crippen LogP contribution in [0.15, 0.2) is 0 Å². The predicted molar refractivity (Wildman–Crippen MR) is 41.3 cm³/mol. The van der Waals surface area contributed by atoms with Crippen LogP contribution in [0.4, 0.5) is 17.6 Å². The Hall–Kier alpha value is -1.10. The number of carbonyl (C=O) groups is 1. The summed E-state index contributed by atoms with van der Waals surface area (Å²) in [6, 6.07) is 0. The van der Waals surface area contributed by atoms with E-state index in [4.69, 9.17) is 11.6 Å². The van der Waals surface area contributed by atoms with Crippen LogP contribution in [0.25, 0.3) is 0 Å². The summed E-state index contributed by atoms with van der Waals surface area (Å²) < 4.78 is 51.2. The molecule has 0 saturated carbocycles. The third-order valence-electron chi connectivity index (χ3n) is 1.56. The van der Waals surface area contributed by atoms with Crippen LogP contribution in [-0.2, 0) is 0 Å². The van der Waals surface area contributed by atoms with Crippen molar-refractivity contribution in [1.82, 2.24) is 0 Å². The summed E-state index contributed by atoms with van der Waals surface area (Å²) >= 11 is 4.92. The summed E-state index contributed by atoms with van der Waals surface area (Å²) in [4.78, 5) is 10.6. The van der Waals surface area contributed by atoms with Crippen molar-refractivity contribution < 1.29 is 22.4 Å². The van der Waals surface area contributed by atoms with Crippen LogP contribution in [0.1, 0.15) is 17.3 Å². The van der Waals surface area contributed by atoms with Crippen LogP contribution in [0.2, 0.25) is 5.02 Å². The fourth-order valence-electron chi connectivity index (χ4n) is 0.914. The van der Waals surface area contributed by atoms with Gasteiger partial charge in [0.25, 0.3) is 0 Å². The van der Waals surface area contributed by atoms with Gasteiger partial charge in [-0.1, -0.05) is 11.6 Å². The van der Waals surface area contributed by atoms with E-state index in [1.807, 2.05) is 0 Å². The first-order valence-electron chi connectivity index (χ1n) is 3.40. The highest BCUT2D eigenvalue weighted by Crippen LogP contribution is 2.27. The van der Waals surface area contributed by atoms with Gasteiger partial charge in [0.05, 0.1) is 5.56 Å².